The van der Waals surface area contributed by atoms with Gasteiger partial charge < -0.3 is 15.6 Å². The van der Waals surface area contributed by atoms with E-state index in [1.54, 1.807) is 12.1 Å². The van der Waals surface area contributed by atoms with Gasteiger partial charge in [0.2, 0.25) is 0 Å². The average molecular weight is 323 g/mol. The average Bonchev–Trinajstić information content (AvgIpc) is 3.26. The first kappa shape index (κ1) is 14.8. The van der Waals surface area contributed by atoms with Gasteiger partial charge in [0.1, 0.15) is 5.82 Å². The van der Waals surface area contributed by atoms with Crippen LogP contribution in [0.25, 0.3) is 10.9 Å². The van der Waals surface area contributed by atoms with Gasteiger partial charge in [-0.1, -0.05) is 18.2 Å². The summed E-state index contributed by atoms with van der Waals surface area (Å²) in [6.07, 6.45) is 3.91. The molecule has 1 heterocycles. The highest BCUT2D eigenvalue weighted by Gasteiger charge is 2.45. The molecule has 0 spiro atoms. The molecule has 0 radical (unpaired) electrons. The summed E-state index contributed by atoms with van der Waals surface area (Å²) in [4.78, 5) is 15.3. The minimum absolute atomic E-state index is 0.0972. The van der Waals surface area contributed by atoms with Crippen molar-refractivity contribution in [1.29, 1.82) is 0 Å². The number of hydrogen-bond donors (Lipinski definition) is 3. The van der Waals surface area contributed by atoms with Crippen molar-refractivity contribution in [3.8, 4) is 0 Å². The number of carbonyl (C=O) groups excluding carboxylic acids is 1. The van der Waals surface area contributed by atoms with Gasteiger partial charge in [0.05, 0.1) is 0 Å². The molecule has 3 N–H and O–H groups in total. The zero-order chi connectivity index (χ0) is 16.6. The molecule has 0 saturated heterocycles. The Labute approximate surface area is 139 Å². The smallest absolute Gasteiger partial charge is 0.319 e. The van der Waals surface area contributed by atoms with E-state index >= 15 is 0 Å². The number of benzene rings is 2. The number of fused-ring (bicyclic) bond motifs is 1. The maximum Gasteiger partial charge on any atom is 0.319 e. The van der Waals surface area contributed by atoms with E-state index in [0.29, 0.717) is 6.54 Å². The van der Waals surface area contributed by atoms with Crippen LogP contribution < -0.4 is 10.6 Å². The number of anilines is 1. The van der Waals surface area contributed by atoms with E-state index in [4.69, 9.17) is 0 Å². The Balaban J connectivity index is 1.47. The molecule has 122 valence electrons. The number of halogens is 1. The van der Waals surface area contributed by atoms with Gasteiger partial charge in [-0.15, -0.1) is 0 Å². The van der Waals surface area contributed by atoms with Crippen LogP contribution in [0.4, 0.5) is 14.9 Å². The number of para-hydroxylation sites is 1. The monoisotopic (exact) mass is 323 g/mol. The summed E-state index contributed by atoms with van der Waals surface area (Å²) in [6, 6.07) is 13.9. The number of aromatic nitrogens is 1. The first-order chi connectivity index (χ1) is 11.7. The van der Waals surface area contributed by atoms with Crippen LogP contribution in [0.1, 0.15) is 18.4 Å². The van der Waals surface area contributed by atoms with Crippen LogP contribution in [0, 0.1) is 5.82 Å². The van der Waals surface area contributed by atoms with Crippen molar-refractivity contribution in [3.63, 3.8) is 0 Å². The molecule has 0 aliphatic heterocycles. The summed E-state index contributed by atoms with van der Waals surface area (Å²) in [5.74, 6) is -0.242. The van der Waals surface area contributed by atoms with Crippen molar-refractivity contribution >= 4 is 22.6 Å². The molecule has 5 heteroatoms. The highest BCUT2D eigenvalue weighted by molar-refractivity contribution is 5.89. The number of aromatic amines is 1. The van der Waals surface area contributed by atoms with Gasteiger partial charge in [0.25, 0.3) is 0 Å². The molecule has 0 unspecified atom stereocenters. The summed E-state index contributed by atoms with van der Waals surface area (Å²) in [7, 11) is 0. The van der Waals surface area contributed by atoms with E-state index in [9.17, 15) is 9.18 Å². The van der Waals surface area contributed by atoms with Crippen molar-refractivity contribution in [1.82, 2.24) is 10.3 Å². The summed E-state index contributed by atoms with van der Waals surface area (Å²) in [5, 5.41) is 6.66. The molecule has 4 rings (SSSR count). The zero-order valence-corrected chi connectivity index (χ0v) is 13.1. The number of amides is 2. The lowest BCUT2D eigenvalue weighted by molar-refractivity contribution is 0.251. The van der Waals surface area contributed by atoms with Gasteiger partial charge >= 0.3 is 6.03 Å². The van der Waals surface area contributed by atoms with Gasteiger partial charge in [-0.3, -0.25) is 0 Å². The van der Waals surface area contributed by atoms with E-state index < -0.39 is 0 Å². The Morgan fingerprint density at radius 3 is 2.71 bits per heavy atom. The fraction of sp³-hybridized carbons (Fsp3) is 0.211. The molecule has 1 aromatic heterocycles. The second-order valence-electron chi connectivity index (χ2n) is 6.35. The van der Waals surface area contributed by atoms with Crippen molar-refractivity contribution in [2.24, 2.45) is 0 Å². The van der Waals surface area contributed by atoms with Crippen molar-refractivity contribution in [2.45, 2.75) is 18.3 Å². The molecule has 2 aromatic carbocycles. The summed E-state index contributed by atoms with van der Waals surface area (Å²) in [5.41, 5.74) is 2.66. The van der Waals surface area contributed by atoms with E-state index in [0.717, 1.165) is 35.0 Å². The molecule has 0 bridgehead atoms. The Bertz CT molecular complexity index is 884. The fourth-order valence-corrected chi connectivity index (χ4v) is 3.17. The fourth-order valence-electron chi connectivity index (χ4n) is 3.17. The molecule has 24 heavy (non-hydrogen) atoms. The Kier molecular flexibility index (Phi) is 3.49. The van der Waals surface area contributed by atoms with E-state index in [2.05, 4.69) is 15.6 Å². The highest BCUT2D eigenvalue weighted by atomic mass is 19.1. The van der Waals surface area contributed by atoms with Crippen LogP contribution in [0.3, 0.4) is 0 Å². The van der Waals surface area contributed by atoms with Gasteiger partial charge in [0.15, 0.2) is 0 Å². The molecule has 1 saturated carbocycles. The molecular weight excluding hydrogens is 305 g/mol. The van der Waals surface area contributed by atoms with Crippen LogP contribution in [0.15, 0.2) is 54.7 Å². The third-order valence-corrected chi connectivity index (χ3v) is 4.69. The molecule has 3 aromatic rings. The van der Waals surface area contributed by atoms with Crippen molar-refractivity contribution in [3.05, 3.63) is 66.1 Å². The first-order valence-corrected chi connectivity index (χ1v) is 8.03. The second-order valence-corrected chi connectivity index (χ2v) is 6.35. The van der Waals surface area contributed by atoms with Crippen LogP contribution in [0.5, 0.6) is 0 Å². The number of urea groups is 1. The normalized spacial score (nSPS) is 15.2. The van der Waals surface area contributed by atoms with Crippen LogP contribution >= 0.6 is 0 Å². The van der Waals surface area contributed by atoms with Crippen LogP contribution in [-0.4, -0.2) is 17.6 Å². The SMILES string of the molecule is O=C(NCC1(c2c[nH]c3ccc(F)cc23)CC1)Nc1ccccc1. The molecule has 4 nitrogen and oxygen atoms in total. The van der Waals surface area contributed by atoms with Gasteiger partial charge in [-0.2, -0.15) is 0 Å². The Morgan fingerprint density at radius 1 is 1.17 bits per heavy atom. The molecule has 1 fully saturated rings. The minimum Gasteiger partial charge on any atom is -0.361 e. The quantitative estimate of drug-likeness (QED) is 0.663. The molecule has 1 aliphatic carbocycles. The van der Waals surface area contributed by atoms with Crippen molar-refractivity contribution in [2.75, 3.05) is 11.9 Å². The number of rotatable bonds is 4. The van der Waals surface area contributed by atoms with E-state index in [1.165, 1.54) is 6.07 Å². The van der Waals surface area contributed by atoms with E-state index in [-0.39, 0.29) is 17.3 Å². The topological polar surface area (TPSA) is 56.9 Å². The zero-order valence-electron chi connectivity index (χ0n) is 13.1. The third-order valence-electron chi connectivity index (χ3n) is 4.69. The highest BCUT2D eigenvalue weighted by Crippen LogP contribution is 2.50. The molecular formula is C19H18FN3O. The number of nitrogens with one attached hydrogen (secondary N) is 3. The maximum absolute atomic E-state index is 13.6. The summed E-state index contributed by atoms with van der Waals surface area (Å²) in [6.45, 7) is 0.537. The van der Waals surface area contributed by atoms with Crippen molar-refractivity contribution < 1.29 is 9.18 Å². The predicted octanol–water partition coefficient (Wildman–Crippen LogP) is 4.16. The Morgan fingerprint density at radius 2 is 1.96 bits per heavy atom. The molecule has 1 aliphatic rings. The number of H-pyrrole nitrogens is 1. The van der Waals surface area contributed by atoms with Crippen LogP contribution in [-0.2, 0) is 5.41 Å². The Hall–Kier alpha value is -2.82. The number of carbonyl (C=O) groups is 1. The standard InChI is InChI=1S/C19H18FN3O/c20-13-6-7-17-15(10-13)16(11-21-17)19(8-9-19)12-22-18(24)23-14-4-2-1-3-5-14/h1-7,10-11,21H,8-9,12H2,(H2,22,23,24). The number of hydrogen-bond acceptors (Lipinski definition) is 1. The van der Waals surface area contributed by atoms with Gasteiger partial charge in [0, 0.05) is 34.7 Å². The molecule has 2 amide bonds. The largest absolute Gasteiger partial charge is 0.361 e. The summed E-state index contributed by atoms with van der Waals surface area (Å²) < 4.78 is 13.6. The lowest BCUT2D eigenvalue weighted by atomic mass is 9.95. The second kappa shape index (κ2) is 5.67. The lowest BCUT2D eigenvalue weighted by Crippen LogP contribution is -2.35. The minimum atomic E-state index is -0.242. The lowest BCUT2D eigenvalue weighted by Gasteiger charge is -2.16. The summed E-state index contributed by atoms with van der Waals surface area (Å²) >= 11 is 0. The predicted molar refractivity (Wildman–Crippen MR) is 92.6 cm³/mol. The van der Waals surface area contributed by atoms with E-state index in [1.807, 2.05) is 36.5 Å². The maximum atomic E-state index is 13.6. The third kappa shape index (κ3) is 2.73. The molecule has 0 atom stereocenters. The van der Waals surface area contributed by atoms with Crippen LogP contribution in [0.2, 0.25) is 0 Å². The van der Waals surface area contributed by atoms with Gasteiger partial charge in [-0.05, 0) is 48.7 Å². The first-order valence-electron chi connectivity index (χ1n) is 8.03. The van der Waals surface area contributed by atoms with Gasteiger partial charge in [-0.25, -0.2) is 9.18 Å².